The van der Waals surface area contributed by atoms with Crippen LogP contribution in [-0.4, -0.2) is 9.97 Å². The van der Waals surface area contributed by atoms with Crippen LogP contribution in [-0.2, 0) is 0 Å². The topological polar surface area (TPSA) is 63.8 Å². The third-order valence-electron chi connectivity index (χ3n) is 1.74. The van der Waals surface area contributed by atoms with E-state index in [0.29, 0.717) is 21.9 Å². The lowest BCUT2D eigenvalue weighted by atomic mass is 10.3. The smallest absolute Gasteiger partial charge is 0.178 e. The van der Waals surface area contributed by atoms with Crippen LogP contribution >= 0.6 is 23.2 Å². The van der Waals surface area contributed by atoms with E-state index in [9.17, 15) is 0 Å². The minimum atomic E-state index is 0.224. The van der Waals surface area contributed by atoms with Crippen molar-refractivity contribution in [3.8, 4) is 0 Å². The Morgan fingerprint density at radius 1 is 1.21 bits per heavy atom. The molecule has 0 fully saturated rings. The molecule has 0 unspecified atom stereocenters. The Morgan fingerprint density at radius 2 is 2.00 bits per heavy atom. The molecule has 0 spiro atoms. The number of benzene rings is 1. The Kier molecular flexibility index (Phi) is 2.41. The SMILES string of the molecule is NNc1nc2c(Cl)cccc2nc1Cl. The van der Waals surface area contributed by atoms with Gasteiger partial charge in [-0.3, -0.25) is 0 Å². The number of aromatic nitrogens is 2. The molecular weight excluding hydrogens is 223 g/mol. The van der Waals surface area contributed by atoms with Gasteiger partial charge in [0.15, 0.2) is 11.0 Å². The number of nitrogens with one attached hydrogen (secondary N) is 1. The van der Waals surface area contributed by atoms with Crippen LogP contribution in [0.3, 0.4) is 0 Å². The van der Waals surface area contributed by atoms with Gasteiger partial charge in [0.1, 0.15) is 5.52 Å². The molecule has 0 atom stereocenters. The second-order valence-electron chi connectivity index (χ2n) is 2.61. The number of fused-ring (bicyclic) bond motifs is 1. The molecule has 2 rings (SSSR count). The largest absolute Gasteiger partial charge is 0.306 e. The van der Waals surface area contributed by atoms with Crippen molar-refractivity contribution in [3.05, 3.63) is 28.4 Å². The molecular formula is C8H6Cl2N4. The first-order valence-electron chi connectivity index (χ1n) is 3.81. The zero-order chi connectivity index (χ0) is 10.1. The zero-order valence-corrected chi connectivity index (χ0v) is 8.47. The Bertz CT molecular complexity index is 486. The molecule has 1 heterocycles. The Balaban J connectivity index is 2.80. The first-order chi connectivity index (χ1) is 6.72. The second-order valence-corrected chi connectivity index (χ2v) is 3.38. The molecule has 14 heavy (non-hydrogen) atoms. The fourth-order valence-corrected chi connectivity index (χ4v) is 1.51. The monoisotopic (exact) mass is 228 g/mol. The van der Waals surface area contributed by atoms with Gasteiger partial charge >= 0.3 is 0 Å². The molecule has 0 radical (unpaired) electrons. The molecule has 0 saturated heterocycles. The summed E-state index contributed by atoms with van der Waals surface area (Å²) in [6.45, 7) is 0. The number of nitrogens with two attached hydrogens (primary N) is 1. The molecule has 1 aromatic carbocycles. The van der Waals surface area contributed by atoms with Crippen LogP contribution < -0.4 is 11.3 Å². The lowest BCUT2D eigenvalue weighted by Gasteiger charge is -2.04. The maximum Gasteiger partial charge on any atom is 0.178 e. The summed E-state index contributed by atoms with van der Waals surface area (Å²) in [5, 5.41) is 0.741. The number of anilines is 1. The number of hydrogen-bond donors (Lipinski definition) is 2. The van der Waals surface area contributed by atoms with Crippen LogP contribution in [0.2, 0.25) is 10.2 Å². The number of hydrazine groups is 1. The van der Waals surface area contributed by atoms with Gasteiger partial charge in [-0.1, -0.05) is 29.3 Å². The van der Waals surface area contributed by atoms with Crippen molar-refractivity contribution in [1.82, 2.24) is 9.97 Å². The molecule has 2 aromatic rings. The Morgan fingerprint density at radius 3 is 2.71 bits per heavy atom. The molecule has 0 aliphatic heterocycles. The molecule has 3 N–H and O–H groups in total. The number of para-hydroxylation sites is 1. The first-order valence-corrected chi connectivity index (χ1v) is 4.56. The lowest BCUT2D eigenvalue weighted by Crippen LogP contribution is -2.09. The molecule has 6 heteroatoms. The maximum absolute atomic E-state index is 5.92. The van der Waals surface area contributed by atoms with Crippen molar-refractivity contribution in [2.45, 2.75) is 0 Å². The normalized spacial score (nSPS) is 10.5. The number of rotatable bonds is 1. The predicted molar refractivity (Wildman–Crippen MR) is 57.4 cm³/mol. The van der Waals surface area contributed by atoms with Gasteiger partial charge in [0.05, 0.1) is 10.5 Å². The quantitative estimate of drug-likeness (QED) is 0.581. The lowest BCUT2D eigenvalue weighted by molar-refractivity contribution is 1.22. The van der Waals surface area contributed by atoms with E-state index < -0.39 is 0 Å². The summed E-state index contributed by atoms with van der Waals surface area (Å²) in [6, 6.07) is 5.29. The number of nitrogen functional groups attached to an aromatic ring is 1. The van der Waals surface area contributed by atoms with Crippen molar-refractivity contribution >= 4 is 40.1 Å². The average molecular weight is 229 g/mol. The summed E-state index contributed by atoms with van der Waals surface area (Å²) in [7, 11) is 0. The fraction of sp³-hybridized carbons (Fsp3) is 0. The highest BCUT2D eigenvalue weighted by atomic mass is 35.5. The summed E-state index contributed by atoms with van der Waals surface area (Å²) in [6.07, 6.45) is 0. The molecule has 0 bridgehead atoms. The van der Waals surface area contributed by atoms with E-state index in [1.165, 1.54) is 0 Å². The van der Waals surface area contributed by atoms with E-state index in [1.54, 1.807) is 18.2 Å². The molecule has 0 saturated carbocycles. The van der Waals surface area contributed by atoms with E-state index in [4.69, 9.17) is 29.0 Å². The highest BCUT2D eigenvalue weighted by Crippen LogP contribution is 2.25. The number of halogens is 2. The van der Waals surface area contributed by atoms with Crippen LogP contribution in [0.4, 0.5) is 5.82 Å². The van der Waals surface area contributed by atoms with E-state index in [2.05, 4.69) is 15.4 Å². The third-order valence-corrected chi connectivity index (χ3v) is 2.31. The minimum Gasteiger partial charge on any atom is -0.306 e. The molecule has 1 aromatic heterocycles. The van der Waals surface area contributed by atoms with Gasteiger partial charge in [-0.2, -0.15) is 0 Å². The minimum absolute atomic E-state index is 0.224. The summed E-state index contributed by atoms with van der Waals surface area (Å²) in [4.78, 5) is 8.21. The Hall–Kier alpha value is -1.10. The summed E-state index contributed by atoms with van der Waals surface area (Å²) >= 11 is 11.7. The molecule has 72 valence electrons. The summed E-state index contributed by atoms with van der Waals surface area (Å²) in [5.41, 5.74) is 3.57. The van der Waals surface area contributed by atoms with E-state index in [0.717, 1.165) is 0 Å². The molecule has 0 amide bonds. The fourth-order valence-electron chi connectivity index (χ4n) is 1.11. The first kappa shape index (κ1) is 9.45. The van der Waals surface area contributed by atoms with Crippen molar-refractivity contribution in [2.24, 2.45) is 5.84 Å². The highest BCUT2D eigenvalue weighted by Gasteiger charge is 2.07. The van der Waals surface area contributed by atoms with Crippen LogP contribution in [0.1, 0.15) is 0 Å². The van der Waals surface area contributed by atoms with Crippen molar-refractivity contribution in [1.29, 1.82) is 0 Å². The van der Waals surface area contributed by atoms with Gasteiger partial charge in [-0.15, -0.1) is 0 Å². The molecule has 0 aliphatic carbocycles. The van der Waals surface area contributed by atoms with Gasteiger partial charge in [0, 0.05) is 0 Å². The van der Waals surface area contributed by atoms with Crippen LogP contribution in [0.5, 0.6) is 0 Å². The van der Waals surface area contributed by atoms with Crippen molar-refractivity contribution in [3.63, 3.8) is 0 Å². The third kappa shape index (κ3) is 1.48. The number of nitrogens with zero attached hydrogens (tertiary/aromatic N) is 2. The van der Waals surface area contributed by atoms with Gasteiger partial charge in [-0.05, 0) is 12.1 Å². The van der Waals surface area contributed by atoms with Gasteiger partial charge < -0.3 is 5.43 Å². The van der Waals surface area contributed by atoms with Gasteiger partial charge in [-0.25, -0.2) is 15.8 Å². The van der Waals surface area contributed by atoms with Crippen molar-refractivity contribution < 1.29 is 0 Å². The van der Waals surface area contributed by atoms with Gasteiger partial charge in [0.25, 0.3) is 0 Å². The standard InChI is InChI=1S/C8H6Cl2N4/c9-4-2-1-3-5-6(4)13-8(14-11)7(10)12-5/h1-3H,11H2,(H,13,14). The maximum atomic E-state index is 5.92. The molecule has 0 aliphatic rings. The average Bonchev–Trinajstić information content (AvgIpc) is 2.17. The van der Waals surface area contributed by atoms with Crippen LogP contribution in [0.15, 0.2) is 18.2 Å². The number of hydrogen-bond acceptors (Lipinski definition) is 4. The predicted octanol–water partition coefficient (Wildman–Crippen LogP) is 2.22. The van der Waals surface area contributed by atoms with E-state index in [1.807, 2.05) is 0 Å². The van der Waals surface area contributed by atoms with Crippen LogP contribution in [0.25, 0.3) is 11.0 Å². The molecule has 4 nitrogen and oxygen atoms in total. The summed E-state index contributed by atoms with van der Waals surface area (Å²) < 4.78 is 0. The van der Waals surface area contributed by atoms with Gasteiger partial charge in [0.2, 0.25) is 0 Å². The zero-order valence-electron chi connectivity index (χ0n) is 6.96. The van der Waals surface area contributed by atoms with E-state index in [-0.39, 0.29) is 5.15 Å². The second kappa shape index (κ2) is 3.57. The Labute approximate surface area is 90.0 Å². The summed E-state index contributed by atoms with van der Waals surface area (Å²) in [5.74, 6) is 5.52. The van der Waals surface area contributed by atoms with E-state index >= 15 is 0 Å². The van der Waals surface area contributed by atoms with Crippen LogP contribution in [0, 0.1) is 0 Å². The highest BCUT2D eigenvalue weighted by molar-refractivity contribution is 6.35. The van der Waals surface area contributed by atoms with Crippen molar-refractivity contribution in [2.75, 3.05) is 5.43 Å².